The summed E-state index contributed by atoms with van der Waals surface area (Å²) >= 11 is 0. The molecule has 2 amide bonds. The van der Waals surface area contributed by atoms with E-state index in [-0.39, 0.29) is 12.1 Å². The van der Waals surface area contributed by atoms with Crippen LogP contribution in [-0.4, -0.2) is 35.1 Å². The molecule has 3 rings (SSSR count). The first-order chi connectivity index (χ1) is 10.3. The van der Waals surface area contributed by atoms with Gasteiger partial charge >= 0.3 is 6.03 Å². The van der Waals surface area contributed by atoms with Gasteiger partial charge in [-0.2, -0.15) is 0 Å². The summed E-state index contributed by atoms with van der Waals surface area (Å²) in [6.07, 6.45) is 4.27. The molecule has 0 spiro atoms. The SMILES string of the molecule is O=C(Nc1ccccc1)N1CC[C@H](Oc2ccncc2)C1. The van der Waals surface area contributed by atoms with Crippen molar-refractivity contribution in [3.63, 3.8) is 0 Å². The Balaban J connectivity index is 1.53. The molecule has 5 heteroatoms. The van der Waals surface area contributed by atoms with Crippen molar-refractivity contribution in [2.45, 2.75) is 12.5 Å². The van der Waals surface area contributed by atoms with Crippen molar-refractivity contribution in [2.75, 3.05) is 18.4 Å². The molecular formula is C16H17N3O2. The number of hydrogen-bond donors (Lipinski definition) is 1. The molecule has 1 aliphatic heterocycles. The van der Waals surface area contributed by atoms with Crippen LogP contribution in [-0.2, 0) is 0 Å². The molecule has 1 aromatic heterocycles. The molecule has 0 unspecified atom stereocenters. The van der Waals surface area contributed by atoms with Crippen LogP contribution >= 0.6 is 0 Å². The number of nitrogens with one attached hydrogen (secondary N) is 1. The molecule has 0 radical (unpaired) electrons. The lowest BCUT2D eigenvalue weighted by Crippen LogP contribution is -2.34. The van der Waals surface area contributed by atoms with Gasteiger partial charge in [0.15, 0.2) is 0 Å². The third kappa shape index (κ3) is 3.51. The van der Waals surface area contributed by atoms with E-state index in [4.69, 9.17) is 4.74 Å². The van der Waals surface area contributed by atoms with Gasteiger partial charge in [0, 0.05) is 31.0 Å². The van der Waals surface area contributed by atoms with Crippen molar-refractivity contribution in [2.24, 2.45) is 0 Å². The Morgan fingerprint density at radius 2 is 1.95 bits per heavy atom. The summed E-state index contributed by atoms with van der Waals surface area (Å²) < 4.78 is 5.84. The van der Waals surface area contributed by atoms with E-state index in [1.165, 1.54) is 0 Å². The minimum Gasteiger partial charge on any atom is -0.488 e. The predicted molar refractivity (Wildman–Crippen MR) is 80.3 cm³/mol. The zero-order valence-corrected chi connectivity index (χ0v) is 11.6. The Morgan fingerprint density at radius 1 is 1.19 bits per heavy atom. The van der Waals surface area contributed by atoms with E-state index in [0.717, 1.165) is 17.9 Å². The van der Waals surface area contributed by atoms with E-state index < -0.39 is 0 Å². The number of urea groups is 1. The van der Waals surface area contributed by atoms with Crippen molar-refractivity contribution in [3.05, 3.63) is 54.9 Å². The quantitative estimate of drug-likeness (QED) is 0.942. The molecule has 5 nitrogen and oxygen atoms in total. The summed E-state index contributed by atoms with van der Waals surface area (Å²) in [5.74, 6) is 0.792. The molecule has 0 bridgehead atoms. The van der Waals surface area contributed by atoms with Gasteiger partial charge in [-0.3, -0.25) is 4.98 Å². The minimum atomic E-state index is -0.0815. The van der Waals surface area contributed by atoms with Gasteiger partial charge in [-0.05, 0) is 24.3 Å². The van der Waals surface area contributed by atoms with Crippen LogP contribution in [0.1, 0.15) is 6.42 Å². The van der Waals surface area contributed by atoms with Crippen LogP contribution in [0.2, 0.25) is 0 Å². The Labute approximate surface area is 123 Å². The van der Waals surface area contributed by atoms with Crippen LogP contribution in [0.5, 0.6) is 5.75 Å². The molecule has 21 heavy (non-hydrogen) atoms. The first-order valence-corrected chi connectivity index (χ1v) is 6.99. The summed E-state index contributed by atoms with van der Waals surface area (Å²) in [4.78, 5) is 17.9. The third-order valence-corrected chi connectivity index (χ3v) is 3.41. The highest BCUT2D eigenvalue weighted by Gasteiger charge is 2.27. The van der Waals surface area contributed by atoms with Crippen molar-refractivity contribution < 1.29 is 9.53 Å². The number of rotatable bonds is 3. The van der Waals surface area contributed by atoms with Crippen molar-refractivity contribution in [1.82, 2.24) is 9.88 Å². The summed E-state index contributed by atoms with van der Waals surface area (Å²) in [5.41, 5.74) is 0.806. The number of pyridine rings is 1. The number of aromatic nitrogens is 1. The average Bonchev–Trinajstić information content (AvgIpc) is 2.98. The van der Waals surface area contributed by atoms with Crippen molar-refractivity contribution >= 4 is 11.7 Å². The van der Waals surface area contributed by atoms with Crippen LogP contribution in [0.3, 0.4) is 0 Å². The Kier molecular flexibility index (Phi) is 4.00. The van der Waals surface area contributed by atoms with Crippen LogP contribution in [0.4, 0.5) is 10.5 Å². The molecular weight excluding hydrogens is 266 g/mol. The molecule has 2 heterocycles. The van der Waals surface area contributed by atoms with Crippen molar-refractivity contribution in [3.8, 4) is 5.75 Å². The number of anilines is 1. The minimum absolute atomic E-state index is 0.0360. The Bertz CT molecular complexity index is 589. The third-order valence-electron chi connectivity index (χ3n) is 3.41. The smallest absolute Gasteiger partial charge is 0.321 e. The maximum atomic E-state index is 12.2. The largest absolute Gasteiger partial charge is 0.488 e. The van der Waals surface area contributed by atoms with E-state index in [0.29, 0.717) is 13.1 Å². The van der Waals surface area contributed by atoms with E-state index >= 15 is 0 Å². The van der Waals surface area contributed by atoms with Gasteiger partial charge in [0.2, 0.25) is 0 Å². The van der Waals surface area contributed by atoms with Gasteiger partial charge in [-0.1, -0.05) is 18.2 Å². The van der Waals surface area contributed by atoms with Crippen LogP contribution < -0.4 is 10.1 Å². The molecule has 1 fully saturated rings. The molecule has 1 aliphatic rings. The van der Waals surface area contributed by atoms with E-state index in [1.54, 1.807) is 17.3 Å². The zero-order valence-electron chi connectivity index (χ0n) is 11.6. The number of carbonyl (C=O) groups excluding carboxylic acids is 1. The van der Waals surface area contributed by atoms with Gasteiger partial charge in [-0.25, -0.2) is 4.79 Å². The highest BCUT2D eigenvalue weighted by Crippen LogP contribution is 2.18. The number of benzene rings is 1. The molecule has 108 valence electrons. The topological polar surface area (TPSA) is 54.5 Å². The lowest BCUT2D eigenvalue weighted by Gasteiger charge is -2.18. The highest BCUT2D eigenvalue weighted by molar-refractivity contribution is 5.89. The fourth-order valence-corrected chi connectivity index (χ4v) is 2.34. The number of likely N-dealkylation sites (tertiary alicyclic amines) is 1. The number of carbonyl (C=O) groups is 1. The second-order valence-electron chi connectivity index (χ2n) is 4.95. The average molecular weight is 283 g/mol. The fourth-order valence-electron chi connectivity index (χ4n) is 2.34. The summed E-state index contributed by atoms with van der Waals surface area (Å²) in [6, 6.07) is 13.0. The second kappa shape index (κ2) is 6.26. The highest BCUT2D eigenvalue weighted by atomic mass is 16.5. The number of nitrogens with zero attached hydrogens (tertiary/aromatic N) is 2. The maximum absolute atomic E-state index is 12.2. The Morgan fingerprint density at radius 3 is 2.71 bits per heavy atom. The maximum Gasteiger partial charge on any atom is 0.321 e. The van der Waals surface area contributed by atoms with E-state index in [9.17, 15) is 4.79 Å². The second-order valence-corrected chi connectivity index (χ2v) is 4.95. The molecule has 0 saturated carbocycles. The van der Waals surface area contributed by atoms with E-state index in [2.05, 4.69) is 10.3 Å². The molecule has 2 aromatic rings. The van der Waals surface area contributed by atoms with Gasteiger partial charge in [0.25, 0.3) is 0 Å². The summed E-state index contributed by atoms with van der Waals surface area (Å²) in [7, 11) is 0. The lowest BCUT2D eigenvalue weighted by molar-refractivity contribution is 0.194. The van der Waals surface area contributed by atoms with Crippen molar-refractivity contribution in [1.29, 1.82) is 0 Å². The monoisotopic (exact) mass is 283 g/mol. The van der Waals surface area contributed by atoms with E-state index in [1.807, 2.05) is 42.5 Å². The predicted octanol–water partition coefficient (Wildman–Crippen LogP) is 2.77. The van der Waals surface area contributed by atoms with Crippen LogP contribution in [0, 0.1) is 0 Å². The van der Waals surface area contributed by atoms with Crippen LogP contribution in [0.15, 0.2) is 54.9 Å². The number of para-hydroxylation sites is 1. The molecule has 1 N–H and O–H groups in total. The summed E-state index contributed by atoms with van der Waals surface area (Å²) in [5, 5.41) is 2.89. The van der Waals surface area contributed by atoms with Gasteiger partial charge < -0.3 is 15.0 Å². The van der Waals surface area contributed by atoms with Gasteiger partial charge in [-0.15, -0.1) is 0 Å². The lowest BCUT2D eigenvalue weighted by atomic mass is 10.3. The molecule has 1 aromatic carbocycles. The Hall–Kier alpha value is -2.56. The number of hydrogen-bond acceptors (Lipinski definition) is 3. The normalized spacial score (nSPS) is 17.5. The number of ether oxygens (including phenoxy) is 1. The zero-order chi connectivity index (χ0) is 14.5. The summed E-state index contributed by atoms with van der Waals surface area (Å²) in [6.45, 7) is 1.30. The molecule has 1 saturated heterocycles. The fraction of sp³-hybridized carbons (Fsp3) is 0.250. The van der Waals surface area contributed by atoms with Gasteiger partial charge in [0.1, 0.15) is 11.9 Å². The molecule has 0 aliphatic carbocycles. The number of amides is 2. The first-order valence-electron chi connectivity index (χ1n) is 6.99. The van der Waals surface area contributed by atoms with Crippen LogP contribution in [0.25, 0.3) is 0 Å². The van der Waals surface area contributed by atoms with Gasteiger partial charge in [0.05, 0.1) is 6.54 Å². The molecule has 1 atom stereocenters. The standard InChI is InChI=1S/C16H17N3O2/c20-16(18-13-4-2-1-3-5-13)19-11-8-15(12-19)21-14-6-9-17-10-7-14/h1-7,9-10,15H,8,11-12H2,(H,18,20)/t15-/m0/s1. The first kappa shape index (κ1) is 13.4.